The first-order chi connectivity index (χ1) is 6.06. The number of hydrazine groups is 1. The van der Waals surface area contributed by atoms with Gasteiger partial charge in [0, 0.05) is 10.5 Å². The van der Waals surface area contributed by atoms with Crippen LogP contribution < -0.4 is 11.3 Å². The number of hydrogen-bond donors (Lipinski definition) is 2. The summed E-state index contributed by atoms with van der Waals surface area (Å²) in [6, 6.07) is 2.84. The van der Waals surface area contributed by atoms with Crippen LogP contribution >= 0.6 is 27.5 Å². The van der Waals surface area contributed by atoms with Crippen LogP contribution in [0.2, 0.25) is 5.02 Å². The third-order valence-corrected chi connectivity index (χ3v) is 2.13. The molecule has 0 heterocycles. The second-order valence-electron chi connectivity index (χ2n) is 2.18. The fourth-order valence-corrected chi connectivity index (χ4v) is 1.69. The Hall–Kier alpha value is -0.850. The van der Waals surface area contributed by atoms with Crippen LogP contribution in [0.1, 0.15) is 0 Å². The Balaban J connectivity index is 3.38. The molecule has 0 aromatic heterocycles. The average Bonchev–Trinajstić information content (AvgIpc) is 2.02. The van der Waals surface area contributed by atoms with Gasteiger partial charge in [0.2, 0.25) is 0 Å². The fraction of sp³-hybridized carbons (Fsp3) is 0. The van der Waals surface area contributed by atoms with Gasteiger partial charge in [0.25, 0.3) is 5.69 Å². The van der Waals surface area contributed by atoms with E-state index in [0.29, 0.717) is 4.47 Å². The van der Waals surface area contributed by atoms with Gasteiger partial charge in [-0.25, -0.2) is 0 Å². The van der Waals surface area contributed by atoms with Crippen LogP contribution in [0.15, 0.2) is 16.6 Å². The fourth-order valence-electron chi connectivity index (χ4n) is 0.847. The first-order valence-electron chi connectivity index (χ1n) is 3.16. The van der Waals surface area contributed by atoms with Crippen molar-refractivity contribution in [3.05, 3.63) is 31.7 Å². The Morgan fingerprint density at radius 2 is 2.23 bits per heavy atom. The molecule has 13 heavy (non-hydrogen) atoms. The minimum absolute atomic E-state index is 0.106. The Kier molecular flexibility index (Phi) is 3.07. The van der Waals surface area contributed by atoms with Crippen molar-refractivity contribution < 1.29 is 4.92 Å². The van der Waals surface area contributed by atoms with E-state index in [9.17, 15) is 10.1 Å². The van der Waals surface area contributed by atoms with E-state index in [-0.39, 0.29) is 16.4 Å². The maximum Gasteiger partial charge on any atom is 0.296 e. The minimum Gasteiger partial charge on any atom is -0.317 e. The van der Waals surface area contributed by atoms with Crippen LogP contribution in [0.3, 0.4) is 0 Å². The molecule has 0 atom stereocenters. The lowest BCUT2D eigenvalue weighted by Crippen LogP contribution is -2.09. The standard InChI is InChI=1S/C6H5BrClN3O2/c7-3-1-4(8)6(10-9)5(2-3)11(12)13/h1-2,10H,9H2. The number of anilines is 1. The molecule has 1 rings (SSSR count). The van der Waals surface area contributed by atoms with Crippen molar-refractivity contribution in [2.45, 2.75) is 0 Å². The van der Waals surface area contributed by atoms with Crippen LogP contribution in [-0.2, 0) is 0 Å². The molecule has 0 fully saturated rings. The molecule has 5 nitrogen and oxygen atoms in total. The van der Waals surface area contributed by atoms with E-state index >= 15 is 0 Å². The molecule has 7 heteroatoms. The maximum atomic E-state index is 10.5. The molecule has 0 bridgehead atoms. The van der Waals surface area contributed by atoms with Crippen molar-refractivity contribution in [1.29, 1.82) is 0 Å². The lowest BCUT2D eigenvalue weighted by molar-refractivity contribution is -0.384. The van der Waals surface area contributed by atoms with Crippen LogP contribution in [0.5, 0.6) is 0 Å². The smallest absolute Gasteiger partial charge is 0.296 e. The summed E-state index contributed by atoms with van der Waals surface area (Å²) in [7, 11) is 0. The second kappa shape index (κ2) is 3.91. The summed E-state index contributed by atoms with van der Waals surface area (Å²) in [6.07, 6.45) is 0. The van der Waals surface area contributed by atoms with E-state index in [0.717, 1.165) is 0 Å². The number of halogens is 2. The zero-order valence-corrected chi connectivity index (χ0v) is 8.59. The Morgan fingerprint density at radius 1 is 1.62 bits per heavy atom. The quantitative estimate of drug-likeness (QED) is 0.489. The summed E-state index contributed by atoms with van der Waals surface area (Å²) >= 11 is 8.79. The summed E-state index contributed by atoms with van der Waals surface area (Å²) in [6.45, 7) is 0. The third-order valence-electron chi connectivity index (χ3n) is 1.38. The highest BCUT2D eigenvalue weighted by atomic mass is 79.9. The van der Waals surface area contributed by atoms with Crippen molar-refractivity contribution in [1.82, 2.24) is 0 Å². The molecule has 0 aliphatic carbocycles. The number of nitro benzene ring substituents is 1. The van der Waals surface area contributed by atoms with Gasteiger partial charge in [-0.05, 0) is 6.07 Å². The molecule has 0 aliphatic heterocycles. The van der Waals surface area contributed by atoms with Gasteiger partial charge in [-0.15, -0.1) is 0 Å². The molecular weight excluding hydrogens is 261 g/mol. The molecular formula is C6H5BrClN3O2. The maximum absolute atomic E-state index is 10.5. The Bertz CT molecular complexity index is 358. The molecule has 0 amide bonds. The summed E-state index contributed by atoms with van der Waals surface area (Å²) in [5.41, 5.74) is 2.12. The van der Waals surface area contributed by atoms with Gasteiger partial charge in [-0.2, -0.15) is 0 Å². The van der Waals surface area contributed by atoms with Gasteiger partial charge in [0.1, 0.15) is 5.69 Å². The van der Waals surface area contributed by atoms with E-state index in [1.165, 1.54) is 12.1 Å². The van der Waals surface area contributed by atoms with Crippen molar-refractivity contribution in [3.63, 3.8) is 0 Å². The molecule has 0 aliphatic rings. The zero-order chi connectivity index (χ0) is 10.0. The van der Waals surface area contributed by atoms with Gasteiger partial charge >= 0.3 is 0 Å². The highest BCUT2D eigenvalue weighted by Crippen LogP contribution is 2.34. The zero-order valence-electron chi connectivity index (χ0n) is 6.25. The number of nitrogens with two attached hydrogens (primary N) is 1. The first kappa shape index (κ1) is 10.2. The molecule has 0 unspecified atom stereocenters. The monoisotopic (exact) mass is 265 g/mol. The first-order valence-corrected chi connectivity index (χ1v) is 4.33. The number of rotatable bonds is 2. The number of nitrogens with zero attached hydrogens (tertiary/aromatic N) is 1. The highest BCUT2D eigenvalue weighted by molar-refractivity contribution is 9.10. The molecule has 70 valence electrons. The lowest BCUT2D eigenvalue weighted by atomic mass is 10.3. The van der Waals surface area contributed by atoms with Crippen molar-refractivity contribution in [3.8, 4) is 0 Å². The van der Waals surface area contributed by atoms with E-state index in [2.05, 4.69) is 21.4 Å². The van der Waals surface area contributed by atoms with Gasteiger partial charge in [-0.1, -0.05) is 27.5 Å². The van der Waals surface area contributed by atoms with E-state index in [4.69, 9.17) is 17.4 Å². The van der Waals surface area contributed by atoms with Gasteiger partial charge < -0.3 is 5.43 Å². The summed E-state index contributed by atoms with van der Waals surface area (Å²) in [5.74, 6) is 5.09. The molecule has 0 saturated heterocycles. The Labute approximate surface area is 87.1 Å². The molecule has 3 N–H and O–H groups in total. The number of nitrogens with one attached hydrogen (secondary N) is 1. The number of hydrogen-bond acceptors (Lipinski definition) is 4. The second-order valence-corrected chi connectivity index (χ2v) is 3.51. The van der Waals surface area contributed by atoms with Crippen LogP contribution in [-0.4, -0.2) is 4.92 Å². The largest absolute Gasteiger partial charge is 0.317 e. The topological polar surface area (TPSA) is 81.2 Å². The minimum atomic E-state index is -0.564. The van der Waals surface area contributed by atoms with Crippen molar-refractivity contribution in [2.24, 2.45) is 5.84 Å². The number of nitrogen functional groups attached to an aromatic ring is 1. The number of benzene rings is 1. The van der Waals surface area contributed by atoms with Crippen LogP contribution in [0, 0.1) is 10.1 Å². The van der Waals surface area contributed by atoms with E-state index < -0.39 is 4.92 Å². The highest BCUT2D eigenvalue weighted by Gasteiger charge is 2.17. The predicted octanol–water partition coefficient (Wildman–Crippen LogP) is 2.30. The van der Waals surface area contributed by atoms with Gasteiger partial charge in [-0.3, -0.25) is 16.0 Å². The average molecular weight is 266 g/mol. The molecule has 0 radical (unpaired) electrons. The molecule has 0 saturated carbocycles. The van der Waals surface area contributed by atoms with Gasteiger partial charge in [0.15, 0.2) is 0 Å². The molecule has 0 spiro atoms. The predicted molar refractivity (Wildman–Crippen MR) is 53.6 cm³/mol. The van der Waals surface area contributed by atoms with E-state index in [1.807, 2.05) is 0 Å². The summed E-state index contributed by atoms with van der Waals surface area (Å²) < 4.78 is 0.531. The normalized spacial score (nSPS) is 9.77. The summed E-state index contributed by atoms with van der Waals surface area (Å²) in [4.78, 5) is 9.95. The van der Waals surface area contributed by atoms with Crippen molar-refractivity contribution in [2.75, 3.05) is 5.43 Å². The van der Waals surface area contributed by atoms with Crippen LogP contribution in [0.25, 0.3) is 0 Å². The van der Waals surface area contributed by atoms with E-state index in [1.54, 1.807) is 0 Å². The molecule has 1 aromatic carbocycles. The Morgan fingerprint density at radius 3 is 2.69 bits per heavy atom. The molecule has 1 aromatic rings. The third kappa shape index (κ3) is 2.09. The summed E-state index contributed by atoms with van der Waals surface area (Å²) in [5, 5.41) is 10.7. The van der Waals surface area contributed by atoms with Gasteiger partial charge in [0.05, 0.1) is 9.95 Å². The van der Waals surface area contributed by atoms with Crippen LogP contribution in [0.4, 0.5) is 11.4 Å². The SMILES string of the molecule is NNc1c(Cl)cc(Br)cc1[N+](=O)[O-]. The lowest BCUT2D eigenvalue weighted by Gasteiger charge is -2.04. The van der Waals surface area contributed by atoms with Crippen molar-refractivity contribution >= 4 is 38.9 Å². The number of nitro groups is 1.